The summed E-state index contributed by atoms with van der Waals surface area (Å²) in [5, 5.41) is 11.2. The van der Waals surface area contributed by atoms with Crippen LogP contribution >= 0.6 is 0 Å². The first kappa shape index (κ1) is 19.9. The number of likely N-dealkylation sites (tertiary alicyclic amines) is 1. The minimum Gasteiger partial charge on any atom is -0.493 e. The van der Waals surface area contributed by atoms with Crippen molar-refractivity contribution in [1.29, 1.82) is 0 Å². The van der Waals surface area contributed by atoms with Gasteiger partial charge in [0.05, 0.1) is 38.3 Å². The zero-order valence-electron chi connectivity index (χ0n) is 16.7. The van der Waals surface area contributed by atoms with Crippen LogP contribution in [0.5, 0.6) is 5.75 Å². The van der Waals surface area contributed by atoms with Crippen LogP contribution < -0.4 is 9.64 Å². The first-order valence-electron chi connectivity index (χ1n) is 10.4. The van der Waals surface area contributed by atoms with Gasteiger partial charge in [-0.3, -0.25) is 0 Å². The van der Waals surface area contributed by atoms with E-state index in [1.54, 1.807) is 4.90 Å². The SMILES string of the molecule is CC(C)COc1ccc(C(O)C(C[NH+]2CCCCC2)c2ccccc2)cc1. The van der Waals surface area contributed by atoms with Crippen LogP contribution in [0.1, 0.15) is 56.3 Å². The van der Waals surface area contributed by atoms with Crippen molar-refractivity contribution in [3.05, 3.63) is 65.7 Å². The minimum atomic E-state index is -0.499. The van der Waals surface area contributed by atoms with Crippen molar-refractivity contribution >= 4 is 0 Å². The Kier molecular flexibility index (Phi) is 7.31. The molecule has 2 N–H and O–H groups in total. The maximum atomic E-state index is 11.2. The molecule has 0 bridgehead atoms. The number of nitrogens with one attached hydrogen (secondary N) is 1. The van der Waals surface area contributed by atoms with E-state index in [4.69, 9.17) is 4.74 Å². The van der Waals surface area contributed by atoms with Gasteiger partial charge in [-0.25, -0.2) is 0 Å². The molecule has 2 unspecified atom stereocenters. The molecule has 1 heterocycles. The molecule has 0 radical (unpaired) electrons. The maximum absolute atomic E-state index is 11.2. The van der Waals surface area contributed by atoms with E-state index in [9.17, 15) is 5.11 Å². The van der Waals surface area contributed by atoms with Gasteiger partial charge < -0.3 is 14.7 Å². The summed E-state index contributed by atoms with van der Waals surface area (Å²) in [7, 11) is 0. The third-order valence-corrected chi connectivity index (χ3v) is 5.48. The fourth-order valence-corrected chi connectivity index (χ4v) is 3.94. The van der Waals surface area contributed by atoms with Crippen molar-refractivity contribution in [2.45, 2.75) is 45.1 Å². The molecule has 0 amide bonds. The molecule has 1 fully saturated rings. The highest BCUT2D eigenvalue weighted by Crippen LogP contribution is 2.31. The van der Waals surface area contributed by atoms with Gasteiger partial charge in [0, 0.05) is 0 Å². The molecule has 3 rings (SSSR count). The standard InChI is InChI=1S/C24H33NO2/c1-19(2)18-27-22-13-11-21(12-14-22)24(26)23(20-9-5-3-6-10-20)17-25-15-7-4-8-16-25/h3,5-6,9-14,19,23-24,26H,4,7-8,15-18H2,1-2H3/p+1. The predicted molar refractivity (Wildman–Crippen MR) is 110 cm³/mol. The molecule has 2 aromatic rings. The first-order valence-corrected chi connectivity index (χ1v) is 10.4. The molecule has 3 heteroatoms. The smallest absolute Gasteiger partial charge is 0.119 e. The van der Waals surface area contributed by atoms with E-state index >= 15 is 0 Å². The quantitative estimate of drug-likeness (QED) is 0.746. The summed E-state index contributed by atoms with van der Waals surface area (Å²) < 4.78 is 5.78. The Balaban J connectivity index is 1.74. The summed E-state index contributed by atoms with van der Waals surface area (Å²) in [5.74, 6) is 1.49. The molecule has 27 heavy (non-hydrogen) atoms. The Hall–Kier alpha value is -1.84. The Morgan fingerprint density at radius 1 is 0.889 bits per heavy atom. The molecule has 1 aliphatic heterocycles. The van der Waals surface area contributed by atoms with Crippen molar-refractivity contribution in [3.63, 3.8) is 0 Å². The largest absolute Gasteiger partial charge is 0.493 e. The first-order chi connectivity index (χ1) is 13.1. The van der Waals surface area contributed by atoms with Crippen LogP contribution in [0.2, 0.25) is 0 Å². The van der Waals surface area contributed by atoms with Gasteiger partial charge in [0.25, 0.3) is 0 Å². The van der Waals surface area contributed by atoms with Crippen LogP contribution in [0, 0.1) is 5.92 Å². The Morgan fingerprint density at radius 3 is 2.19 bits per heavy atom. The second-order valence-corrected chi connectivity index (χ2v) is 8.25. The van der Waals surface area contributed by atoms with Gasteiger partial charge in [-0.15, -0.1) is 0 Å². The number of rotatable bonds is 8. The zero-order valence-corrected chi connectivity index (χ0v) is 16.7. The van der Waals surface area contributed by atoms with Crippen LogP contribution in [0.3, 0.4) is 0 Å². The van der Waals surface area contributed by atoms with Gasteiger partial charge in [-0.1, -0.05) is 56.3 Å². The molecule has 0 aliphatic carbocycles. The molecular weight excluding hydrogens is 334 g/mol. The molecule has 0 spiro atoms. The Morgan fingerprint density at radius 2 is 1.56 bits per heavy atom. The highest BCUT2D eigenvalue weighted by atomic mass is 16.5. The van der Waals surface area contributed by atoms with Gasteiger partial charge in [-0.05, 0) is 48.4 Å². The lowest BCUT2D eigenvalue weighted by Gasteiger charge is -2.30. The molecular formula is C24H34NO2+. The maximum Gasteiger partial charge on any atom is 0.119 e. The van der Waals surface area contributed by atoms with E-state index in [2.05, 4.69) is 38.1 Å². The van der Waals surface area contributed by atoms with E-state index in [0.29, 0.717) is 12.5 Å². The van der Waals surface area contributed by atoms with Crippen molar-refractivity contribution in [2.75, 3.05) is 26.2 Å². The summed E-state index contributed by atoms with van der Waals surface area (Å²) in [5.41, 5.74) is 2.19. The van der Waals surface area contributed by atoms with Gasteiger partial charge >= 0.3 is 0 Å². The van der Waals surface area contributed by atoms with Crippen LogP contribution in [0.25, 0.3) is 0 Å². The normalized spacial score (nSPS) is 17.6. The second-order valence-electron chi connectivity index (χ2n) is 8.25. The van der Waals surface area contributed by atoms with Crippen LogP contribution in [-0.4, -0.2) is 31.3 Å². The summed E-state index contributed by atoms with van der Waals surface area (Å²) in [6.07, 6.45) is 3.45. The van der Waals surface area contributed by atoms with E-state index in [1.165, 1.54) is 37.9 Å². The van der Waals surface area contributed by atoms with Gasteiger partial charge in [0.1, 0.15) is 5.75 Å². The van der Waals surface area contributed by atoms with Crippen molar-refractivity contribution in [3.8, 4) is 5.75 Å². The minimum absolute atomic E-state index is 0.113. The highest BCUT2D eigenvalue weighted by Gasteiger charge is 2.28. The molecule has 1 aliphatic rings. The summed E-state index contributed by atoms with van der Waals surface area (Å²) in [6.45, 7) is 8.43. The van der Waals surface area contributed by atoms with Gasteiger partial charge in [0.2, 0.25) is 0 Å². The molecule has 146 valence electrons. The molecule has 3 nitrogen and oxygen atoms in total. The number of hydrogen-bond acceptors (Lipinski definition) is 2. The average molecular weight is 369 g/mol. The lowest BCUT2D eigenvalue weighted by atomic mass is 9.88. The van der Waals surface area contributed by atoms with Crippen LogP contribution in [0.15, 0.2) is 54.6 Å². The molecule has 2 aromatic carbocycles. The van der Waals surface area contributed by atoms with Gasteiger partial charge in [-0.2, -0.15) is 0 Å². The van der Waals surface area contributed by atoms with Crippen LogP contribution in [-0.2, 0) is 0 Å². The fraction of sp³-hybridized carbons (Fsp3) is 0.500. The summed E-state index contributed by atoms with van der Waals surface area (Å²) in [6, 6.07) is 18.5. The van der Waals surface area contributed by atoms with Crippen molar-refractivity contribution in [1.82, 2.24) is 0 Å². The lowest BCUT2D eigenvalue weighted by molar-refractivity contribution is -0.906. The third kappa shape index (κ3) is 5.82. The zero-order chi connectivity index (χ0) is 19.1. The number of aliphatic hydroxyl groups is 1. The van der Waals surface area contributed by atoms with Crippen molar-refractivity contribution in [2.24, 2.45) is 5.92 Å². The summed E-state index contributed by atoms with van der Waals surface area (Å²) >= 11 is 0. The third-order valence-electron chi connectivity index (χ3n) is 5.48. The predicted octanol–water partition coefficient (Wildman–Crippen LogP) is 3.61. The average Bonchev–Trinajstić information content (AvgIpc) is 2.72. The number of quaternary nitrogens is 1. The van der Waals surface area contributed by atoms with E-state index < -0.39 is 6.10 Å². The Bertz CT molecular complexity index is 663. The number of ether oxygens (including phenoxy) is 1. The lowest BCUT2D eigenvalue weighted by Crippen LogP contribution is -3.13. The van der Waals surface area contributed by atoms with E-state index in [1.807, 2.05) is 30.3 Å². The topological polar surface area (TPSA) is 33.9 Å². The van der Waals surface area contributed by atoms with E-state index in [-0.39, 0.29) is 5.92 Å². The van der Waals surface area contributed by atoms with Crippen molar-refractivity contribution < 1.29 is 14.7 Å². The molecule has 0 aromatic heterocycles. The second kappa shape index (κ2) is 9.91. The Labute approximate surface area is 164 Å². The number of piperidine rings is 1. The number of hydrogen-bond donors (Lipinski definition) is 2. The molecule has 0 saturated carbocycles. The number of aliphatic hydroxyl groups excluding tert-OH is 1. The highest BCUT2D eigenvalue weighted by molar-refractivity contribution is 5.31. The monoisotopic (exact) mass is 368 g/mol. The summed E-state index contributed by atoms with van der Waals surface area (Å²) in [4.78, 5) is 1.62. The van der Waals surface area contributed by atoms with Crippen LogP contribution in [0.4, 0.5) is 0 Å². The molecule has 1 saturated heterocycles. The fourth-order valence-electron chi connectivity index (χ4n) is 3.94. The van der Waals surface area contributed by atoms with Gasteiger partial charge in [0.15, 0.2) is 0 Å². The number of benzene rings is 2. The molecule has 2 atom stereocenters. The van der Waals surface area contributed by atoms with E-state index in [0.717, 1.165) is 17.9 Å².